The van der Waals surface area contributed by atoms with Gasteiger partial charge >= 0.3 is 17.8 Å². The number of hydrogen-bond donors (Lipinski definition) is 2. The van der Waals surface area contributed by atoms with Gasteiger partial charge in [-0.2, -0.15) is 0 Å². The van der Waals surface area contributed by atoms with Gasteiger partial charge in [-0.3, -0.25) is 9.59 Å². The molecule has 0 unspecified atom stereocenters. The maximum Gasteiger partial charge on any atom is 0.338 e. The smallest absolute Gasteiger partial charge is 0.338 e. The van der Waals surface area contributed by atoms with E-state index < -0.39 is 17.8 Å². The molecule has 1 aromatic carbocycles. The molecule has 0 atom stereocenters. The van der Waals surface area contributed by atoms with Crippen LogP contribution in [0.1, 0.15) is 22.2 Å². The van der Waals surface area contributed by atoms with Gasteiger partial charge in [0.15, 0.2) is 0 Å². The minimum Gasteiger partial charge on any atom is -0.462 e. The lowest BCUT2D eigenvalue weighted by molar-refractivity contribution is -0.136. The number of esters is 1. The minimum absolute atomic E-state index is 0.293. The zero-order valence-electron chi connectivity index (χ0n) is 12.5. The summed E-state index contributed by atoms with van der Waals surface area (Å²) in [6.07, 6.45) is 0. The van der Waals surface area contributed by atoms with Gasteiger partial charge in [0, 0.05) is 10.6 Å². The van der Waals surface area contributed by atoms with Crippen LogP contribution in [0.15, 0.2) is 41.8 Å². The molecular weight excluding hydrogens is 316 g/mol. The van der Waals surface area contributed by atoms with Crippen LogP contribution in [0.3, 0.4) is 0 Å². The predicted octanol–water partition coefficient (Wildman–Crippen LogP) is 2.18. The van der Waals surface area contributed by atoms with Gasteiger partial charge in [-0.15, -0.1) is 11.3 Å². The number of ether oxygens (including phenoxy) is 1. The van der Waals surface area contributed by atoms with Gasteiger partial charge < -0.3 is 15.4 Å². The standard InChI is InChI=1S/C16H16N2O4S/c1-2-22-16(21)11-5-7-12(8-6-11)18-15(20)14(19)17-10-13-4-3-9-23-13/h3-9H,2,10H2,1H3,(H,17,19)(H,18,20). The summed E-state index contributed by atoms with van der Waals surface area (Å²) in [6.45, 7) is 2.33. The summed E-state index contributed by atoms with van der Waals surface area (Å²) in [5.41, 5.74) is 0.807. The molecule has 1 heterocycles. The molecule has 6 nitrogen and oxygen atoms in total. The number of carbonyl (C=O) groups is 3. The predicted molar refractivity (Wildman–Crippen MR) is 87.2 cm³/mol. The minimum atomic E-state index is -0.759. The van der Waals surface area contributed by atoms with Crippen molar-refractivity contribution in [3.8, 4) is 0 Å². The molecule has 0 saturated carbocycles. The SMILES string of the molecule is CCOC(=O)c1ccc(NC(=O)C(=O)NCc2cccs2)cc1. The molecule has 0 aliphatic rings. The number of amides is 2. The highest BCUT2D eigenvalue weighted by atomic mass is 32.1. The van der Waals surface area contributed by atoms with Crippen LogP contribution in [0, 0.1) is 0 Å². The van der Waals surface area contributed by atoms with E-state index in [9.17, 15) is 14.4 Å². The van der Waals surface area contributed by atoms with Crippen molar-refractivity contribution in [2.24, 2.45) is 0 Å². The Hall–Kier alpha value is -2.67. The third-order valence-corrected chi connectivity index (χ3v) is 3.74. The highest BCUT2D eigenvalue weighted by molar-refractivity contribution is 7.09. The van der Waals surface area contributed by atoms with Crippen molar-refractivity contribution in [1.29, 1.82) is 0 Å². The molecule has 0 spiro atoms. The number of thiophene rings is 1. The maximum atomic E-state index is 11.8. The lowest BCUT2D eigenvalue weighted by Crippen LogP contribution is -2.34. The van der Waals surface area contributed by atoms with Crippen LogP contribution < -0.4 is 10.6 Å². The average molecular weight is 332 g/mol. The molecule has 2 rings (SSSR count). The molecule has 0 aliphatic heterocycles. The lowest BCUT2D eigenvalue weighted by atomic mass is 10.2. The fraction of sp³-hybridized carbons (Fsp3) is 0.188. The summed E-state index contributed by atoms with van der Waals surface area (Å²) in [5.74, 6) is -1.91. The van der Waals surface area contributed by atoms with Crippen LogP contribution in [0.5, 0.6) is 0 Å². The van der Waals surface area contributed by atoms with E-state index in [2.05, 4.69) is 10.6 Å². The van der Waals surface area contributed by atoms with Gasteiger partial charge in [-0.1, -0.05) is 6.07 Å². The zero-order chi connectivity index (χ0) is 16.7. The highest BCUT2D eigenvalue weighted by Crippen LogP contribution is 2.11. The first-order valence-electron chi connectivity index (χ1n) is 6.99. The molecule has 2 aromatic rings. The largest absolute Gasteiger partial charge is 0.462 e. The molecule has 0 radical (unpaired) electrons. The summed E-state index contributed by atoms with van der Waals surface area (Å²) in [7, 11) is 0. The van der Waals surface area contributed by atoms with Crippen LogP contribution in [0.4, 0.5) is 5.69 Å². The third-order valence-electron chi connectivity index (χ3n) is 2.86. The van der Waals surface area contributed by atoms with Crippen LogP contribution in [0.25, 0.3) is 0 Å². The molecule has 0 fully saturated rings. The molecule has 2 N–H and O–H groups in total. The second-order valence-corrected chi connectivity index (χ2v) is 5.55. The van der Waals surface area contributed by atoms with E-state index in [1.807, 2.05) is 17.5 Å². The van der Waals surface area contributed by atoms with Crippen molar-refractivity contribution in [2.45, 2.75) is 13.5 Å². The van der Waals surface area contributed by atoms with E-state index >= 15 is 0 Å². The van der Waals surface area contributed by atoms with Crippen LogP contribution >= 0.6 is 11.3 Å². The fourth-order valence-electron chi connectivity index (χ4n) is 1.75. The lowest BCUT2D eigenvalue weighted by Gasteiger charge is -2.07. The molecular formula is C16H16N2O4S. The van der Waals surface area contributed by atoms with E-state index in [4.69, 9.17) is 4.74 Å². The van der Waals surface area contributed by atoms with Crippen molar-refractivity contribution in [2.75, 3.05) is 11.9 Å². The Morgan fingerprint density at radius 3 is 2.43 bits per heavy atom. The van der Waals surface area contributed by atoms with Crippen LogP contribution in [0.2, 0.25) is 0 Å². The number of nitrogens with one attached hydrogen (secondary N) is 2. The Balaban J connectivity index is 1.86. The molecule has 1 aromatic heterocycles. The van der Waals surface area contributed by atoms with Gasteiger partial charge in [0.1, 0.15) is 0 Å². The Morgan fingerprint density at radius 1 is 1.09 bits per heavy atom. The second-order valence-electron chi connectivity index (χ2n) is 4.51. The number of rotatable bonds is 5. The summed E-state index contributed by atoms with van der Waals surface area (Å²) < 4.78 is 4.87. The molecule has 0 aliphatic carbocycles. The summed E-state index contributed by atoms with van der Waals surface area (Å²) in [4.78, 5) is 36.0. The summed E-state index contributed by atoms with van der Waals surface area (Å²) >= 11 is 1.50. The first-order valence-corrected chi connectivity index (χ1v) is 7.87. The first-order chi connectivity index (χ1) is 11.1. The topological polar surface area (TPSA) is 84.5 Å². The molecule has 0 bridgehead atoms. The summed E-state index contributed by atoms with van der Waals surface area (Å²) in [6, 6.07) is 9.87. The first kappa shape index (κ1) is 16.7. The van der Waals surface area contributed by atoms with Crippen molar-refractivity contribution in [3.63, 3.8) is 0 Å². The number of carbonyl (C=O) groups excluding carboxylic acids is 3. The van der Waals surface area contributed by atoms with Gasteiger partial charge in [0.05, 0.1) is 18.7 Å². The molecule has 23 heavy (non-hydrogen) atoms. The number of benzene rings is 1. The van der Waals surface area contributed by atoms with Gasteiger partial charge in [-0.25, -0.2) is 4.79 Å². The van der Waals surface area contributed by atoms with Gasteiger partial charge in [0.2, 0.25) is 0 Å². The van der Waals surface area contributed by atoms with Crippen molar-refractivity contribution in [1.82, 2.24) is 5.32 Å². The normalized spacial score (nSPS) is 9.96. The van der Waals surface area contributed by atoms with E-state index in [1.165, 1.54) is 35.6 Å². The van der Waals surface area contributed by atoms with Gasteiger partial charge in [-0.05, 0) is 42.6 Å². The monoisotopic (exact) mass is 332 g/mol. The third kappa shape index (κ3) is 4.93. The second kappa shape index (κ2) is 8.09. The number of hydrogen-bond acceptors (Lipinski definition) is 5. The Kier molecular flexibility index (Phi) is 5.87. The number of anilines is 1. The Bertz CT molecular complexity index is 681. The van der Waals surface area contributed by atoms with Gasteiger partial charge in [0.25, 0.3) is 0 Å². The van der Waals surface area contributed by atoms with E-state index in [0.717, 1.165) is 4.88 Å². The molecule has 0 saturated heterocycles. The fourth-order valence-corrected chi connectivity index (χ4v) is 2.40. The molecule has 2 amide bonds. The van der Waals surface area contributed by atoms with E-state index in [0.29, 0.717) is 24.4 Å². The van der Waals surface area contributed by atoms with Crippen LogP contribution in [-0.4, -0.2) is 24.4 Å². The highest BCUT2D eigenvalue weighted by Gasteiger charge is 2.14. The average Bonchev–Trinajstić information content (AvgIpc) is 3.07. The van der Waals surface area contributed by atoms with E-state index in [1.54, 1.807) is 6.92 Å². The van der Waals surface area contributed by atoms with Crippen molar-refractivity contribution >= 4 is 34.8 Å². The zero-order valence-corrected chi connectivity index (χ0v) is 13.3. The maximum absolute atomic E-state index is 11.8. The quantitative estimate of drug-likeness (QED) is 0.649. The van der Waals surface area contributed by atoms with Crippen molar-refractivity contribution < 1.29 is 19.1 Å². The molecule has 7 heteroatoms. The summed E-state index contributed by atoms with van der Waals surface area (Å²) in [5, 5.41) is 6.90. The Labute approximate surface area is 137 Å². The van der Waals surface area contributed by atoms with E-state index in [-0.39, 0.29) is 0 Å². The molecule has 120 valence electrons. The van der Waals surface area contributed by atoms with Crippen LogP contribution in [-0.2, 0) is 20.9 Å². The Morgan fingerprint density at radius 2 is 1.83 bits per heavy atom. The van der Waals surface area contributed by atoms with Crippen molar-refractivity contribution in [3.05, 3.63) is 52.2 Å².